The van der Waals surface area contributed by atoms with Crippen LogP contribution in [0.15, 0.2) is 0 Å². The molecule has 0 aromatic carbocycles. The third-order valence-corrected chi connectivity index (χ3v) is 4.93. The Bertz CT molecular complexity index is 256. The molecule has 2 unspecified atom stereocenters. The summed E-state index contributed by atoms with van der Waals surface area (Å²) < 4.78 is 16.6. The highest BCUT2D eigenvalue weighted by Gasteiger charge is 2.52. The maximum Gasteiger partial charge on any atom is 0.0700 e. The Hall–Kier alpha value is -0.160. The highest BCUT2D eigenvalue weighted by atomic mass is 16.5. The molecule has 0 spiro atoms. The van der Waals surface area contributed by atoms with Crippen molar-refractivity contribution in [3.8, 4) is 0 Å². The normalized spacial score (nSPS) is 24.0. The summed E-state index contributed by atoms with van der Waals surface area (Å²) in [6, 6.07) is 0.635. The van der Waals surface area contributed by atoms with E-state index in [4.69, 9.17) is 14.2 Å². The van der Waals surface area contributed by atoms with Crippen molar-refractivity contribution in [3.63, 3.8) is 0 Å². The van der Waals surface area contributed by atoms with Gasteiger partial charge in [-0.15, -0.1) is 0 Å². The molecular formula is C17H35NO3. The molecule has 0 heterocycles. The third-order valence-electron chi connectivity index (χ3n) is 4.93. The molecule has 1 rings (SSSR count). The molecule has 4 nitrogen and oxygen atoms in total. The van der Waals surface area contributed by atoms with Gasteiger partial charge in [0.15, 0.2) is 0 Å². The highest BCUT2D eigenvalue weighted by molar-refractivity contribution is 5.06. The second-order valence-corrected chi connectivity index (χ2v) is 6.00. The molecule has 2 atom stereocenters. The van der Waals surface area contributed by atoms with Gasteiger partial charge in [-0.1, -0.05) is 20.8 Å². The molecule has 1 fully saturated rings. The lowest BCUT2D eigenvalue weighted by atomic mass is 9.58. The summed E-state index contributed by atoms with van der Waals surface area (Å²) >= 11 is 0. The van der Waals surface area contributed by atoms with Gasteiger partial charge in [-0.25, -0.2) is 0 Å². The Morgan fingerprint density at radius 3 is 2.43 bits per heavy atom. The van der Waals surface area contributed by atoms with Crippen LogP contribution in [0.4, 0.5) is 0 Å². The van der Waals surface area contributed by atoms with Crippen molar-refractivity contribution in [2.75, 3.05) is 40.1 Å². The summed E-state index contributed by atoms with van der Waals surface area (Å²) in [7, 11) is 1.70. The molecule has 21 heavy (non-hydrogen) atoms. The summed E-state index contributed by atoms with van der Waals surface area (Å²) in [5, 5.41) is 3.70. The minimum absolute atomic E-state index is 0.339. The maximum atomic E-state index is 6.14. The molecule has 1 saturated carbocycles. The molecule has 0 aromatic heterocycles. The van der Waals surface area contributed by atoms with E-state index >= 15 is 0 Å². The first-order valence-corrected chi connectivity index (χ1v) is 8.66. The lowest BCUT2D eigenvalue weighted by molar-refractivity contribution is -0.142. The number of ether oxygens (including phenoxy) is 3. The molecule has 4 heteroatoms. The molecule has 0 saturated heterocycles. The molecule has 1 aliphatic carbocycles. The average Bonchev–Trinajstić information content (AvgIpc) is 2.49. The fourth-order valence-electron chi connectivity index (χ4n) is 3.42. The predicted octanol–water partition coefficient (Wildman–Crippen LogP) is 3.00. The van der Waals surface area contributed by atoms with Crippen LogP contribution >= 0.6 is 0 Å². The van der Waals surface area contributed by atoms with E-state index in [1.165, 1.54) is 19.3 Å². The summed E-state index contributed by atoms with van der Waals surface area (Å²) in [6.45, 7) is 10.9. The number of nitrogens with one attached hydrogen (secondary N) is 1. The fourth-order valence-corrected chi connectivity index (χ4v) is 3.42. The molecule has 0 radical (unpaired) electrons. The van der Waals surface area contributed by atoms with Crippen LogP contribution in [-0.2, 0) is 14.2 Å². The highest BCUT2D eigenvalue weighted by Crippen LogP contribution is 2.48. The number of methoxy groups -OCH3 is 1. The first kappa shape index (κ1) is 18.9. The number of rotatable bonds is 13. The van der Waals surface area contributed by atoms with E-state index in [0.717, 1.165) is 32.6 Å². The Kier molecular flexibility index (Phi) is 9.49. The second-order valence-electron chi connectivity index (χ2n) is 6.00. The molecular weight excluding hydrogens is 266 g/mol. The molecule has 0 aliphatic heterocycles. The van der Waals surface area contributed by atoms with Gasteiger partial charge in [0.2, 0.25) is 0 Å². The fraction of sp³-hybridized carbons (Fsp3) is 1.00. The van der Waals surface area contributed by atoms with Gasteiger partial charge in [0.05, 0.1) is 19.3 Å². The zero-order chi connectivity index (χ0) is 15.6. The predicted molar refractivity (Wildman–Crippen MR) is 86.8 cm³/mol. The molecule has 0 aromatic rings. The molecule has 0 bridgehead atoms. The van der Waals surface area contributed by atoms with E-state index in [1.54, 1.807) is 7.11 Å². The van der Waals surface area contributed by atoms with Crippen LogP contribution in [0.2, 0.25) is 0 Å². The Balaban J connectivity index is 2.22. The van der Waals surface area contributed by atoms with Gasteiger partial charge in [-0.2, -0.15) is 0 Å². The van der Waals surface area contributed by atoms with E-state index in [2.05, 4.69) is 26.1 Å². The molecule has 1 N–H and O–H groups in total. The summed E-state index contributed by atoms with van der Waals surface area (Å²) in [6.07, 6.45) is 6.13. The topological polar surface area (TPSA) is 39.7 Å². The first-order chi connectivity index (χ1) is 10.2. The Morgan fingerprint density at radius 2 is 1.81 bits per heavy atom. The summed E-state index contributed by atoms with van der Waals surface area (Å²) in [5.74, 6) is 0. The van der Waals surface area contributed by atoms with Gasteiger partial charge in [0, 0.05) is 31.8 Å². The van der Waals surface area contributed by atoms with Crippen LogP contribution in [0.25, 0.3) is 0 Å². The quantitative estimate of drug-likeness (QED) is 0.531. The first-order valence-electron chi connectivity index (χ1n) is 8.66. The summed E-state index contributed by atoms with van der Waals surface area (Å²) in [5.41, 5.74) is 0.339. The van der Waals surface area contributed by atoms with Gasteiger partial charge in [-0.3, -0.25) is 0 Å². The second kappa shape index (κ2) is 10.5. The van der Waals surface area contributed by atoms with Gasteiger partial charge in [-0.05, 0) is 38.6 Å². The van der Waals surface area contributed by atoms with Crippen molar-refractivity contribution in [3.05, 3.63) is 0 Å². The van der Waals surface area contributed by atoms with Gasteiger partial charge < -0.3 is 19.5 Å². The SMILES string of the molecule is CCCNC1CC(OCCCOCCOC)C1(CC)CC. The zero-order valence-electron chi connectivity index (χ0n) is 14.5. The van der Waals surface area contributed by atoms with E-state index < -0.39 is 0 Å². The van der Waals surface area contributed by atoms with Crippen molar-refractivity contribution in [1.29, 1.82) is 0 Å². The van der Waals surface area contributed by atoms with Gasteiger partial charge in [0.25, 0.3) is 0 Å². The van der Waals surface area contributed by atoms with Crippen LogP contribution in [0, 0.1) is 5.41 Å². The monoisotopic (exact) mass is 301 g/mol. The molecule has 1 aliphatic rings. The van der Waals surface area contributed by atoms with Crippen LogP contribution in [-0.4, -0.2) is 52.2 Å². The zero-order valence-corrected chi connectivity index (χ0v) is 14.5. The van der Waals surface area contributed by atoms with Crippen molar-refractivity contribution >= 4 is 0 Å². The largest absolute Gasteiger partial charge is 0.382 e. The average molecular weight is 301 g/mol. The van der Waals surface area contributed by atoms with E-state index in [-0.39, 0.29) is 0 Å². The smallest absolute Gasteiger partial charge is 0.0700 e. The van der Waals surface area contributed by atoms with Crippen LogP contribution in [0.3, 0.4) is 0 Å². The van der Waals surface area contributed by atoms with E-state index in [0.29, 0.717) is 30.8 Å². The minimum atomic E-state index is 0.339. The third kappa shape index (κ3) is 5.20. The Morgan fingerprint density at radius 1 is 1.05 bits per heavy atom. The van der Waals surface area contributed by atoms with Crippen molar-refractivity contribution < 1.29 is 14.2 Å². The number of hydrogen-bond donors (Lipinski definition) is 1. The van der Waals surface area contributed by atoms with Crippen molar-refractivity contribution in [1.82, 2.24) is 5.32 Å². The lowest BCUT2D eigenvalue weighted by Gasteiger charge is -2.55. The standard InChI is InChI=1S/C17H35NO3/c1-5-9-18-15-14-16(17(15,6-2)7-3)21-11-8-10-20-13-12-19-4/h15-16,18H,5-14H2,1-4H3. The van der Waals surface area contributed by atoms with Crippen molar-refractivity contribution in [2.24, 2.45) is 5.41 Å². The van der Waals surface area contributed by atoms with Crippen LogP contribution in [0.5, 0.6) is 0 Å². The van der Waals surface area contributed by atoms with Gasteiger partial charge in [0.1, 0.15) is 0 Å². The number of hydrogen-bond acceptors (Lipinski definition) is 4. The summed E-state index contributed by atoms with van der Waals surface area (Å²) in [4.78, 5) is 0. The van der Waals surface area contributed by atoms with E-state index in [1.807, 2.05) is 0 Å². The molecule has 0 amide bonds. The van der Waals surface area contributed by atoms with Gasteiger partial charge >= 0.3 is 0 Å². The molecule has 126 valence electrons. The minimum Gasteiger partial charge on any atom is -0.382 e. The Labute approximate surface area is 130 Å². The van der Waals surface area contributed by atoms with Crippen LogP contribution < -0.4 is 5.32 Å². The van der Waals surface area contributed by atoms with Crippen molar-refractivity contribution in [2.45, 2.75) is 65.0 Å². The van der Waals surface area contributed by atoms with Crippen LogP contribution in [0.1, 0.15) is 52.9 Å². The maximum absolute atomic E-state index is 6.14. The van der Waals surface area contributed by atoms with E-state index in [9.17, 15) is 0 Å². The lowest BCUT2D eigenvalue weighted by Crippen LogP contribution is -2.63.